The van der Waals surface area contributed by atoms with E-state index in [1.165, 1.54) is 64.2 Å². The maximum atomic E-state index is 2.45. The molecule has 0 aliphatic heterocycles. The molecule has 2 rings (SSSR count). The molecule has 100 valence electrons. The SMILES string of the molecule is CCCCCCc1cc2c(CCCCCC)cc1=2. The zero-order valence-corrected chi connectivity index (χ0v) is 12.2. The summed E-state index contributed by atoms with van der Waals surface area (Å²) in [6.07, 6.45) is 13.7. The molecule has 0 heteroatoms. The van der Waals surface area contributed by atoms with Gasteiger partial charge in [0.25, 0.3) is 0 Å². The highest BCUT2D eigenvalue weighted by atomic mass is 14.2. The number of hydrogen-bond acceptors (Lipinski definition) is 0. The average Bonchev–Trinajstić information content (AvgIpc) is 2.37. The summed E-state index contributed by atoms with van der Waals surface area (Å²) < 4.78 is 0. The topological polar surface area (TPSA) is 0 Å². The Balaban J connectivity index is 1.69. The van der Waals surface area contributed by atoms with Crippen LogP contribution in [0.3, 0.4) is 0 Å². The van der Waals surface area contributed by atoms with E-state index in [9.17, 15) is 0 Å². The van der Waals surface area contributed by atoms with Crippen molar-refractivity contribution >= 4 is 0 Å². The Morgan fingerprint density at radius 3 is 1.39 bits per heavy atom. The molecular weight excluding hydrogens is 216 g/mol. The molecule has 0 aromatic carbocycles. The highest BCUT2D eigenvalue weighted by Crippen LogP contribution is 2.25. The number of unbranched alkanes of at least 4 members (excludes halogenated alkanes) is 6. The van der Waals surface area contributed by atoms with E-state index in [4.69, 9.17) is 0 Å². The molecule has 0 N–H and O–H groups in total. The van der Waals surface area contributed by atoms with E-state index >= 15 is 0 Å². The van der Waals surface area contributed by atoms with Crippen molar-refractivity contribution in [2.45, 2.75) is 78.1 Å². The quantitative estimate of drug-likeness (QED) is 0.482. The minimum atomic E-state index is 1.32. The lowest BCUT2D eigenvalue weighted by molar-refractivity contribution is 0.657. The van der Waals surface area contributed by atoms with E-state index in [1.54, 1.807) is 21.6 Å². The van der Waals surface area contributed by atoms with E-state index in [-0.39, 0.29) is 0 Å². The Kier molecular flexibility index (Phi) is 5.28. The third-order valence-corrected chi connectivity index (χ3v) is 4.22. The minimum Gasteiger partial charge on any atom is -0.0654 e. The lowest BCUT2D eigenvalue weighted by atomic mass is 9.87. The van der Waals surface area contributed by atoms with Gasteiger partial charge < -0.3 is 0 Å². The summed E-state index contributed by atoms with van der Waals surface area (Å²) >= 11 is 0. The predicted molar refractivity (Wildman–Crippen MR) is 79.8 cm³/mol. The molecule has 2 aliphatic rings. The fourth-order valence-electron chi connectivity index (χ4n) is 2.93. The first-order chi connectivity index (χ1) is 8.86. The Morgan fingerprint density at radius 1 is 0.611 bits per heavy atom. The van der Waals surface area contributed by atoms with Gasteiger partial charge in [-0.2, -0.15) is 0 Å². The summed E-state index contributed by atoms with van der Waals surface area (Å²) in [4.78, 5) is 0. The van der Waals surface area contributed by atoms with Crippen molar-refractivity contribution in [3.8, 4) is 0 Å². The fraction of sp³-hybridized carbons (Fsp3) is 0.667. The van der Waals surface area contributed by atoms with Crippen LogP contribution >= 0.6 is 0 Å². The van der Waals surface area contributed by atoms with Crippen LogP contribution in [0.2, 0.25) is 0 Å². The molecule has 0 radical (unpaired) electrons. The van der Waals surface area contributed by atoms with Crippen LogP contribution in [-0.4, -0.2) is 0 Å². The van der Waals surface area contributed by atoms with Crippen LogP contribution in [0.1, 0.15) is 76.3 Å². The number of benzene rings is 1. The predicted octanol–water partition coefficient (Wildman–Crippen LogP) is 5.53. The van der Waals surface area contributed by atoms with E-state index in [2.05, 4.69) is 26.0 Å². The lowest BCUT2D eigenvalue weighted by Gasteiger charge is -2.17. The Bertz CT molecular complexity index is 412. The van der Waals surface area contributed by atoms with E-state index in [1.807, 2.05) is 0 Å². The van der Waals surface area contributed by atoms with Crippen molar-refractivity contribution < 1.29 is 0 Å². The van der Waals surface area contributed by atoms with Crippen molar-refractivity contribution in [3.05, 3.63) is 33.7 Å². The summed E-state index contributed by atoms with van der Waals surface area (Å²) in [5.74, 6) is 0. The number of hydrogen-bond donors (Lipinski definition) is 0. The second kappa shape index (κ2) is 6.97. The largest absolute Gasteiger partial charge is 0.0654 e. The van der Waals surface area contributed by atoms with Gasteiger partial charge in [0.05, 0.1) is 0 Å². The molecular formula is C18H28. The third-order valence-electron chi connectivity index (χ3n) is 4.22. The van der Waals surface area contributed by atoms with Gasteiger partial charge in [-0.3, -0.25) is 0 Å². The van der Waals surface area contributed by atoms with Crippen molar-refractivity contribution in [1.29, 1.82) is 0 Å². The second-order valence-corrected chi connectivity index (χ2v) is 5.79. The van der Waals surface area contributed by atoms with E-state index in [0.29, 0.717) is 0 Å². The van der Waals surface area contributed by atoms with Crippen LogP contribution in [0.5, 0.6) is 0 Å². The molecule has 0 unspecified atom stereocenters. The van der Waals surface area contributed by atoms with E-state index < -0.39 is 0 Å². The first kappa shape index (κ1) is 13.6. The summed E-state index contributed by atoms with van der Waals surface area (Å²) in [7, 11) is 0. The second-order valence-electron chi connectivity index (χ2n) is 5.79. The maximum Gasteiger partial charge on any atom is -0.0146 e. The van der Waals surface area contributed by atoms with Gasteiger partial charge in [0.15, 0.2) is 0 Å². The van der Waals surface area contributed by atoms with Crippen molar-refractivity contribution in [2.24, 2.45) is 0 Å². The van der Waals surface area contributed by atoms with Gasteiger partial charge in [0.1, 0.15) is 0 Å². The standard InChI is InChI=1S/C18H28/c1-3-5-7-9-11-15-13-18-16(14-17(15)18)12-10-8-6-4-2/h13-14H,3-12H2,1-2H3. The highest BCUT2D eigenvalue weighted by molar-refractivity contribution is 5.40. The molecule has 0 amide bonds. The first-order valence-corrected chi connectivity index (χ1v) is 8.03. The van der Waals surface area contributed by atoms with Crippen molar-refractivity contribution in [1.82, 2.24) is 0 Å². The van der Waals surface area contributed by atoms with Gasteiger partial charge in [-0.15, -0.1) is 0 Å². The number of aryl methyl sites for hydroxylation is 2. The molecule has 0 atom stereocenters. The fourth-order valence-corrected chi connectivity index (χ4v) is 2.93. The van der Waals surface area contributed by atoms with Gasteiger partial charge in [0.2, 0.25) is 0 Å². The molecule has 0 fully saturated rings. The van der Waals surface area contributed by atoms with Crippen LogP contribution < -0.4 is 0 Å². The van der Waals surface area contributed by atoms with Gasteiger partial charge in [-0.1, -0.05) is 64.5 Å². The summed E-state index contributed by atoms with van der Waals surface area (Å²) in [5.41, 5.74) is 3.27. The molecule has 0 aromatic heterocycles. The maximum absolute atomic E-state index is 2.45. The van der Waals surface area contributed by atoms with Crippen molar-refractivity contribution in [3.63, 3.8) is 0 Å². The number of rotatable bonds is 10. The third kappa shape index (κ3) is 3.16. The lowest BCUT2D eigenvalue weighted by Crippen LogP contribution is -2.04. The molecule has 2 aliphatic carbocycles. The van der Waals surface area contributed by atoms with Gasteiger partial charge in [-0.25, -0.2) is 0 Å². The van der Waals surface area contributed by atoms with Crippen LogP contribution in [0.15, 0.2) is 12.1 Å². The zero-order valence-electron chi connectivity index (χ0n) is 12.2. The Morgan fingerprint density at radius 2 is 1.06 bits per heavy atom. The molecule has 0 saturated carbocycles. The molecule has 0 nitrogen and oxygen atoms in total. The van der Waals surface area contributed by atoms with Crippen molar-refractivity contribution in [2.75, 3.05) is 0 Å². The van der Waals surface area contributed by atoms with Gasteiger partial charge >= 0.3 is 0 Å². The summed E-state index contributed by atoms with van der Waals surface area (Å²) in [5, 5.41) is 3.22. The Hall–Kier alpha value is -0.780. The van der Waals surface area contributed by atoms with Crippen LogP contribution in [0, 0.1) is 10.4 Å². The highest BCUT2D eigenvalue weighted by Gasteiger charge is 2.11. The van der Waals surface area contributed by atoms with E-state index in [0.717, 1.165) is 0 Å². The smallest absolute Gasteiger partial charge is 0.0146 e. The molecule has 18 heavy (non-hydrogen) atoms. The minimum absolute atomic E-state index is 1.32. The Labute approximate surface area is 112 Å². The monoisotopic (exact) mass is 244 g/mol. The molecule has 0 saturated heterocycles. The molecule has 0 heterocycles. The summed E-state index contributed by atoms with van der Waals surface area (Å²) in [6, 6.07) is 4.91. The molecule has 0 aromatic rings. The van der Waals surface area contributed by atoms with Gasteiger partial charge in [-0.05, 0) is 47.2 Å². The van der Waals surface area contributed by atoms with Crippen LogP contribution in [0.4, 0.5) is 0 Å². The van der Waals surface area contributed by atoms with Gasteiger partial charge in [0, 0.05) is 0 Å². The summed E-state index contributed by atoms with van der Waals surface area (Å²) in [6.45, 7) is 4.56. The average molecular weight is 244 g/mol. The first-order valence-electron chi connectivity index (χ1n) is 8.03. The van der Waals surface area contributed by atoms with Crippen LogP contribution in [-0.2, 0) is 12.8 Å². The molecule has 0 spiro atoms. The zero-order chi connectivity index (χ0) is 12.8. The molecule has 0 bridgehead atoms. The van der Waals surface area contributed by atoms with Crippen LogP contribution in [0.25, 0.3) is 0 Å². The normalized spacial score (nSPS) is 11.9.